The first-order chi connectivity index (χ1) is 13.7. The summed E-state index contributed by atoms with van der Waals surface area (Å²) in [5, 5.41) is 4.98. The van der Waals surface area contributed by atoms with Gasteiger partial charge in [0.2, 0.25) is 21.8 Å². The summed E-state index contributed by atoms with van der Waals surface area (Å²) in [6.07, 6.45) is 2.03. The van der Waals surface area contributed by atoms with Gasteiger partial charge in [-0.1, -0.05) is 19.4 Å². The van der Waals surface area contributed by atoms with Gasteiger partial charge in [0, 0.05) is 26.1 Å². The Morgan fingerprint density at radius 1 is 1.21 bits per heavy atom. The second-order valence-corrected chi connectivity index (χ2v) is 9.16. The Kier molecular flexibility index (Phi) is 8.09. The monoisotopic (exact) mass is 431 g/mol. The molecule has 1 saturated heterocycles. The van der Waals surface area contributed by atoms with E-state index in [9.17, 15) is 26.8 Å². The van der Waals surface area contributed by atoms with Gasteiger partial charge in [0.15, 0.2) is 11.6 Å². The van der Waals surface area contributed by atoms with Crippen molar-refractivity contribution in [2.45, 2.75) is 38.6 Å². The molecule has 1 aliphatic heterocycles. The smallest absolute Gasteiger partial charge is 0.246 e. The zero-order valence-electron chi connectivity index (χ0n) is 16.6. The third-order valence-corrected chi connectivity index (χ3v) is 7.00. The van der Waals surface area contributed by atoms with Crippen LogP contribution in [0.25, 0.3) is 0 Å². The van der Waals surface area contributed by atoms with E-state index in [0.717, 1.165) is 18.6 Å². The van der Waals surface area contributed by atoms with Crippen LogP contribution in [0, 0.1) is 17.6 Å². The van der Waals surface area contributed by atoms with Crippen molar-refractivity contribution in [2.75, 3.05) is 25.9 Å². The molecule has 1 unspecified atom stereocenters. The fourth-order valence-electron chi connectivity index (χ4n) is 3.25. The molecule has 1 heterocycles. The number of hydrogen-bond donors (Lipinski definition) is 2. The molecule has 0 saturated carbocycles. The van der Waals surface area contributed by atoms with Crippen molar-refractivity contribution >= 4 is 21.8 Å². The van der Waals surface area contributed by atoms with Gasteiger partial charge in [-0.15, -0.1) is 0 Å². The fourth-order valence-corrected chi connectivity index (χ4v) is 4.93. The normalized spacial score (nSPS) is 17.0. The van der Waals surface area contributed by atoms with E-state index >= 15 is 0 Å². The largest absolute Gasteiger partial charge is 0.357 e. The van der Waals surface area contributed by atoms with Gasteiger partial charge in [0.05, 0.1) is 5.75 Å². The van der Waals surface area contributed by atoms with Gasteiger partial charge >= 0.3 is 0 Å². The number of nitrogens with zero attached hydrogens (tertiary/aromatic N) is 1. The maximum atomic E-state index is 13.6. The summed E-state index contributed by atoms with van der Waals surface area (Å²) in [6, 6.07) is 1.83. The van der Waals surface area contributed by atoms with Gasteiger partial charge in [0.1, 0.15) is 6.04 Å². The number of carbonyl (C=O) groups excluding carboxylic acids is 2. The highest BCUT2D eigenvalue weighted by molar-refractivity contribution is 7.89. The predicted molar refractivity (Wildman–Crippen MR) is 104 cm³/mol. The SMILES string of the molecule is CCCCS(=O)(=O)N1CCC(C(=O)NC(C(=O)NC)c2ccc(F)c(F)c2)CC1. The minimum atomic E-state index is -3.33. The van der Waals surface area contributed by atoms with Gasteiger partial charge < -0.3 is 10.6 Å². The topological polar surface area (TPSA) is 95.6 Å². The molecule has 29 heavy (non-hydrogen) atoms. The number of nitrogens with one attached hydrogen (secondary N) is 2. The van der Waals surface area contributed by atoms with Crippen LogP contribution in [0.2, 0.25) is 0 Å². The number of halogens is 2. The molecule has 0 spiro atoms. The summed E-state index contributed by atoms with van der Waals surface area (Å²) in [6.45, 7) is 2.39. The molecule has 0 aliphatic carbocycles. The zero-order valence-corrected chi connectivity index (χ0v) is 17.4. The Bertz CT molecular complexity index is 840. The molecular weight excluding hydrogens is 404 g/mol. The number of unbranched alkanes of at least 4 members (excludes halogenated alkanes) is 1. The number of piperidine rings is 1. The van der Waals surface area contributed by atoms with Crippen LogP contribution in [-0.4, -0.2) is 50.4 Å². The van der Waals surface area contributed by atoms with E-state index in [2.05, 4.69) is 10.6 Å². The van der Waals surface area contributed by atoms with Crippen LogP contribution >= 0.6 is 0 Å². The van der Waals surface area contributed by atoms with E-state index in [0.29, 0.717) is 19.3 Å². The molecule has 0 bridgehead atoms. The lowest BCUT2D eigenvalue weighted by Crippen LogP contribution is -2.46. The highest BCUT2D eigenvalue weighted by Gasteiger charge is 2.33. The number of amides is 2. The van der Waals surface area contributed by atoms with E-state index in [1.807, 2.05) is 6.92 Å². The van der Waals surface area contributed by atoms with Crippen LogP contribution in [-0.2, 0) is 19.6 Å². The van der Waals surface area contributed by atoms with Gasteiger partial charge in [-0.2, -0.15) is 0 Å². The number of sulfonamides is 1. The molecule has 2 amide bonds. The summed E-state index contributed by atoms with van der Waals surface area (Å²) in [7, 11) is -1.95. The van der Waals surface area contributed by atoms with Crippen LogP contribution in [0.1, 0.15) is 44.2 Å². The Morgan fingerprint density at radius 2 is 1.86 bits per heavy atom. The van der Waals surface area contributed by atoms with E-state index < -0.39 is 45.4 Å². The van der Waals surface area contributed by atoms with Crippen LogP contribution in [0.15, 0.2) is 18.2 Å². The lowest BCUT2D eigenvalue weighted by molar-refractivity contribution is -0.131. The third kappa shape index (κ3) is 5.96. The highest BCUT2D eigenvalue weighted by atomic mass is 32.2. The summed E-state index contributed by atoms with van der Waals surface area (Å²) in [5.74, 6) is -3.53. The summed E-state index contributed by atoms with van der Waals surface area (Å²) < 4.78 is 52.7. The average Bonchev–Trinajstić information content (AvgIpc) is 2.72. The van der Waals surface area contributed by atoms with Crippen molar-refractivity contribution < 1.29 is 26.8 Å². The van der Waals surface area contributed by atoms with Gasteiger partial charge in [-0.25, -0.2) is 21.5 Å². The average molecular weight is 432 g/mol. The van der Waals surface area contributed by atoms with Gasteiger partial charge in [-0.05, 0) is 37.0 Å². The van der Waals surface area contributed by atoms with Crippen molar-refractivity contribution in [2.24, 2.45) is 5.92 Å². The number of likely N-dealkylation sites (N-methyl/N-ethyl adjacent to an activating group) is 1. The van der Waals surface area contributed by atoms with Crippen molar-refractivity contribution in [3.63, 3.8) is 0 Å². The van der Waals surface area contributed by atoms with Crippen molar-refractivity contribution in [3.05, 3.63) is 35.4 Å². The molecule has 2 rings (SSSR count). The van der Waals surface area contributed by atoms with E-state index in [4.69, 9.17) is 0 Å². The minimum absolute atomic E-state index is 0.0925. The van der Waals surface area contributed by atoms with E-state index in [1.54, 1.807) is 0 Å². The molecule has 2 N–H and O–H groups in total. The first kappa shape index (κ1) is 23.2. The first-order valence-corrected chi connectivity index (χ1v) is 11.2. The third-order valence-electron chi connectivity index (χ3n) is 5.05. The lowest BCUT2D eigenvalue weighted by atomic mass is 9.96. The van der Waals surface area contributed by atoms with E-state index in [-0.39, 0.29) is 24.4 Å². The molecule has 162 valence electrons. The van der Waals surface area contributed by atoms with Crippen LogP contribution in [0.4, 0.5) is 8.78 Å². The van der Waals surface area contributed by atoms with Crippen LogP contribution in [0.5, 0.6) is 0 Å². The van der Waals surface area contributed by atoms with Crippen molar-refractivity contribution in [1.29, 1.82) is 0 Å². The molecule has 1 aromatic carbocycles. The summed E-state index contributed by atoms with van der Waals surface area (Å²) >= 11 is 0. The zero-order chi connectivity index (χ0) is 21.6. The standard InChI is InChI=1S/C19H27F2N3O4S/c1-3-4-11-29(27,28)24-9-7-13(8-10-24)18(25)23-17(19(26)22-2)14-5-6-15(20)16(21)12-14/h5-6,12-13,17H,3-4,7-11H2,1-2H3,(H,22,26)(H,23,25). The summed E-state index contributed by atoms with van der Waals surface area (Å²) in [4.78, 5) is 24.8. The first-order valence-electron chi connectivity index (χ1n) is 9.64. The lowest BCUT2D eigenvalue weighted by Gasteiger charge is -2.31. The predicted octanol–water partition coefficient (Wildman–Crippen LogP) is 1.71. The molecule has 7 nitrogen and oxygen atoms in total. The number of hydrogen-bond acceptors (Lipinski definition) is 4. The maximum Gasteiger partial charge on any atom is 0.246 e. The molecule has 10 heteroatoms. The van der Waals surface area contributed by atoms with E-state index in [1.165, 1.54) is 17.4 Å². The molecule has 1 aromatic rings. The Labute approximate surface area is 169 Å². The maximum absolute atomic E-state index is 13.6. The second-order valence-electron chi connectivity index (χ2n) is 7.07. The van der Waals surface area contributed by atoms with Gasteiger partial charge in [-0.3, -0.25) is 9.59 Å². The van der Waals surface area contributed by atoms with Crippen molar-refractivity contribution in [1.82, 2.24) is 14.9 Å². The highest BCUT2D eigenvalue weighted by Crippen LogP contribution is 2.23. The quantitative estimate of drug-likeness (QED) is 0.655. The number of carbonyl (C=O) groups is 2. The van der Waals surface area contributed by atoms with Gasteiger partial charge in [0.25, 0.3) is 0 Å². The summed E-state index contributed by atoms with van der Waals surface area (Å²) in [5.41, 5.74) is 0.121. The second kappa shape index (κ2) is 10.1. The molecule has 0 radical (unpaired) electrons. The molecule has 1 atom stereocenters. The van der Waals surface area contributed by atoms with Crippen LogP contribution in [0.3, 0.4) is 0 Å². The van der Waals surface area contributed by atoms with Crippen molar-refractivity contribution in [3.8, 4) is 0 Å². The minimum Gasteiger partial charge on any atom is -0.357 e. The molecule has 1 fully saturated rings. The number of rotatable bonds is 8. The molecular formula is C19H27F2N3O4S. The molecule has 0 aromatic heterocycles. The Morgan fingerprint density at radius 3 is 2.41 bits per heavy atom. The fraction of sp³-hybridized carbons (Fsp3) is 0.579. The molecule has 1 aliphatic rings. The van der Waals surface area contributed by atoms with Crippen LogP contribution < -0.4 is 10.6 Å². The Balaban J connectivity index is 2.04. The number of benzene rings is 1. The Hall–Kier alpha value is -2.07.